The SMILES string of the molecule is CC(C)(C)C(=O)NCC(=O)Nc1ncn(Cc2ccc(Cl)cc2)n1. The number of hydrogen-bond acceptors (Lipinski definition) is 4. The molecule has 2 amide bonds. The molecule has 2 aromatic rings. The number of carbonyl (C=O) groups is 2. The molecule has 0 saturated heterocycles. The van der Waals surface area contributed by atoms with Crippen molar-refractivity contribution in [2.45, 2.75) is 27.3 Å². The van der Waals surface area contributed by atoms with Gasteiger partial charge in [0.15, 0.2) is 0 Å². The molecule has 2 rings (SSSR count). The Labute approximate surface area is 145 Å². The largest absolute Gasteiger partial charge is 0.347 e. The predicted molar refractivity (Wildman–Crippen MR) is 91.7 cm³/mol. The summed E-state index contributed by atoms with van der Waals surface area (Å²) >= 11 is 5.84. The molecule has 0 fully saturated rings. The maximum Gasteiger partial charge on any atom is 0.248 e. The first-order chi connectivity index (χ1) is 11.2. The fraction of sp³-hybridized carbons (Fsp3) is 0.375. The molecular weight excluding hydrogens is 330 g/mol. The van der Waals surface area contributed by atoms with Crippen LogP contribution in [0.3, 0.4) is 0 Å². The molecule has 0 aliphatic heterocycles. The Bertz CT molecular complexity index is 719. The number of carbonyl (C=O) groups excluding carboxylic acids is 2. The zero-order valence-corrected chi connectivity index (χ0v) is 14.6. The molecule has 24 heavy (non-hydrogen) atoms. The highest BCUT2D eigenvalue weighted by Gasteiger charge is 2.21. The van der Waals surface area contributed by atoms with Crippen LogP contribution in [-0.4, -0.2) is 33.1 Å². The van der Waals surface area contributed by atoms with Crippen LogP contribution in [0.15, 0.2) is 30.6 Å². The zero-order chi connectivity index (χ0) is 17.7. The maximum absolute atomic E-state index is 11.8. The van der Waals surface area contributed by atoms with Crippen molar-refractivity contribution in [2.75, 3.05) is 11.9 Å². The summed E-state index contributed by atoms with van der Waals surface area (Å²) in [6.07, 6.45) is 1.53. The summed E-state index contributed by atoms with van der Waals surface area (Å²) in [6.45, 7) is 5.73. The second-order valence-corrected chi connectivity index (χ2v) is 6.81. The third-order valence-corrected chi connectivity index (χ3v) is 3.39. The first-order valence-corrected chi connectivity index (χ1v) is 7.84. The van der Waals surface area contributed by atoms with Gasteiger partial charge < -0.3 is 5.32 Å². The fourth-order valence-corrected chi connectivity index (χ4v) is 1.93. The van der Waals surface area contributed by atoms with Crippen molar-refractivity contribution < 1.29 is 9.59 Å². The number of benzene rings is 1. The van der Waals surface area contributed by atoms with Crippen molar-refractivity contribution in [1.29, 1.82) is 0 Å². The Balaban J connectivity index is 1.85. The number of nitrogens with zero attached hydrogens (tertiary/aromatic N) is 3. The van der Waals surface area contributed by atoms with Crippen LogP contribution in [0.5, 0.6) is 0 Å². The molecule has 0 unspecified atom stereocenters. The van der Waals surface area contributed by atoms with E-state index in [1.807, 2.05) is 12.1 Å². The highest BCUT2D eigenvalue weighted by atomic mass is 35.5. The molecule has 0 bridgehead atoms. The minimum absolute atomic E-state index is 0.123. The van der Waals surface area contributed by atoms with Gasteiger partial charge in [0, 0.05) is 10.4 Å². The lowest BCUT2D eigenvalue weighted by atomic mass is 9.96. The van der Waals surface area contributed by atoms with Crippen LogP contribution in [0.25, 0.3) is 0 Å². The van der Waals surface area contributed by atoms with Gasteiger partial charge in [-0.1, -0.05) is 44.5 Å². The van der Waals surface area contributed by atoms with Gasteiger partial charge in [0.1, 0.15) is 6.33 Å². The molecule has 1 heterocycles. The van der Waals surface area contributed by atoms with Gasteiger partial charge in [0.05, 0.1) is 13.1 Å². The van der Waals surface area contributed by atoms with E-state index in [1.54, 1.807) is 37.6 Å². The normalized spacial score (nSPS) is 11.2. The van der Waals surface area contributed by atoms with Gasteiger partial charge in [0.25, 0.3) is 0 Å². The molecule has 0 atom stereocenters. The fourth-order valence-electron chi connectivity index (χ4n) is 1.80. The van der Waals surface area contributed by atoms with Crippen LogP contribution >= 0.6 is 11.6 Å². The van der Waals surface area contributed by atoms with Crippen LogP contribution in [0, 0.1) is 5.41 Å². The molecule has 0 aliphatic rings. The summed E-state index contributed by atoms with van der Waals surface area (Å²) in [5.74, 6) is -0.380. The maximum atomic E-state index is 11.8. The molecule has 1 aromatic carbocycles. The van der Waals surface area contributed by atoms with Gasteiger partial charge in [-0.3, -0.25) is 14.9 Å². The van der Waals surface area contributed by atoms with Crippen molar-refractivity contribution in [3.63, 3.8) is 0 Å². The van der Waals surface area contributed by atoms with Crippen LogP contribution in [0.4, 0.5) is 5.95 Å². The molecule has 1 aromatic heterocycles. The van der Waals surface area contributed by atoms with E-state index in [4.69, 9.17) is 11.6 Å². The van der Waals surface area contributed by atoms with E-state index in [2.05, 4.69) is 20.7 Å². The molecule has 2 N–H and O–H groups in total. The van der Waals surface area contributed by atoms with Crippen LogP contribution in [-0.2, 0) is 16.1 Å². The monoisotopic (exact) mass is 349 g/mol. The van der Waals surface area contributed by atoms with Gasteiger partial charge in [-0.25, -0.2) is 9.67 Å². The number of amides is 2. The van der Waals surface area contributed by atoms with Gasteiger partial charge >= 0.3 is 0 Å². The topological polar surface area (TPSA) is 88.9 Å². The molecule has 0 spiro atoms. The van der Waals surface area contributed by atoms with Gasteiger partial charge in [0.2, 0.25) is 17.8 Å². The first-order valence-electron chi connectivity index (χ1n) is 7.46. The highest BCUT2D eigenvalue weighted by molar-refractivity contribution is 6.30. The smallest absolute Gasteiger partial charge is 0.248 e. The van der Waals surface area contributed by atoms with E-state index < -0.39 is 5.41 Å². The minimum atomic E-state index is -0.543. The van der Waals surface area contributed by atoms with Gasteiger partial charge in [-0.2, -0.15) is 0 Å². The molecule has 128 valence electrons. The lowest BCUT2D eigenvalue weighted by Crippen LogP contribution is -2.39. The average molecular weight is 350 g/mol. The second-order valence-electron chi connectivity index (χ2n) is 6.37. The standard InChI is InChI=1S/C16H20ClN5O2/c1-16(2,3)14(24)18-8-13(23)20-15-19-10-22(21-15)9-11-4-6-12(17)7-5-11/h4-7,10H,8-9H2,1-3H3,(H,18,24)(H,20,21,23). The number of rotatable bonds is 5. The average Bonchev–Trinajstić information content (AvgIpc) is 2.93. The van der Waals surface area contributed by atoms with Crippen molar-refractivity contribution in [1.82, 2.24) is 20.1 Å². The summed E-state index contributed by atoms with van der Waals surface area (Å²) in [5.41, 5.74) is 0.471. The van der Waals surface area contributed by atoms with E-state index in [0.717, 1.165) is 5.56 Å². The van der Waals surface area contributed by atoms with Gasteiger partial charge in [-0.15, -0.1) is 5.10 Å². The Morgan fingerprint density at radius 2 is 1.88 bits per heavy atom. The van der Waals surface area contributed by atoms with Crippen molar-refractivity contribution in [3.8, 4) is 0 Å². The Kier molecular flexibility index (Phi) is 5.56. The first kappa shape index (κ1) is 17.9. The van der Waals surface area contributed by atoms with E-state index in [9.17, 15) is 9.59 Å². The summed E-state index contributed by atoms with van der Waals surface area (Å²) < 4.78 is 1.60. The Morgan fingerprint density at radius 1 is 1.21 bits per heavy atom. The lowest BCUT2D eigenvalue weighted by molar-refractivity contribution is -0.130. The minimum Gasteiger partial charge on any atom is -0.347 e. The number of halogens is 1. The molecule has 8 heteroatoms. The number of nitrogens with one attached hydrogen (secondary N) is 2. The van der Waals surface area contributed by atoms with Gasteiger partial charge in [-0.05, 0) is 17.7 Å². The van der Waals surface area contributed by atoms with E-state index in [1.165, 1.54) is 6.33 Å². The summed E-state index contributed by atoms with van der Waals surface area (Å²) in [6, 6.07) is 7.39. The van der Waals surface area contributed by atoms with Crippen LogP contribution < -0.4 is 10.6 Å². The number of anilines is 1. The third-order valence-electron chi connectivity index (χ3n) is 3.14. The Hall–Kier alpha value is -2.41. The summed E-state index contributed by atoms with van der Waals surface area (Å²) in [7, 11) is 0. The predicted octanol–water partition coefficient (Wildman–Crippen LogP) is 2.08. The highest BCUT2D eigenvalue weighted by Crippen LogP contribution is 2.12. The molecule has 0 saturated carbocycles. The van der Waals surface area contributed by atoms with Crippen molar-refractivity contribution >= 4 is 29.4 Å². The quantitative estimate of drug-likeness (QED) is 0.864. The number of aromatic nitrogens is 3. The van der Waals surface area contributed by atoms with E-state index >= 15 is 0 Å². The molecule has 7 nitrogen and oxygen atoms in total. The van der Waals surface area contributed by atoms with E-state index in [-0.39, 0.29) is 24.3 Å². The Morgan fingerprint density at radius 3 is 2.50 bits per heavy atom. The molecular formula is C16H20ClN5O2. The van der Waals surface area contributed by atoms with E-state index in [0.29, 0.717) is 11.6 Å². The zero-order valence-electron chi connectivity index (χ0n) is 13.8. The molecule has 0 aliphatic carbocycles. The van der Waals surface area contributed by atoms with Crippen molar-refractivity contribution in [2.24, 2.45) is 5.41 Å². The second kappa shape index (κ2) is 7.44. The lowest BCUT2D eigenvalue weighted by Gasteiger charge is -2.16. The van der Waals surface area contributed by atoms with Crippen molar-refractivity contribution in [3.05, 3.63) is 41.2 Å². The summed E-state index contributed by atoms with van der Waals surface area (Å²) in [4.78, 5) is 27.6. The van der Waals surface area contributed by atoms with Crippen LogP contribution in [0.1, 0.15) is 26.3 Å². The number of hydrogen-bond donors (Lipinski definition) is 2. The molecule has 0 radical (unpaired) electrons. The summed E-state index contributed by atoms with van der Waals surface area (Å²) in [5, 5.41) is 9.96. The van der Waals surface area contributed by atoms with Crippen LogP contribution in [0.2, 0.25) is 5.02 Å². The third kappa shape index (κ3) is 5.34.